The molecular weight excluding hydrogens is 280 g/mol. The second-order valence-electron chi connectivity index (χ2n) is 5.89. The number of pyridine rings is 1. The maximum absolute atomic E-state index is 12.0. The van der Waals surface area contributed by atoms with Crippen LogP contribution in [0.4, 0.5) is 0 Å². The highest BCUT2D eigenvalue weighted by Gasteiger charge is 2.40. The van der Waals surface area contributed by atoms with E-state index in [4.69, 9.17) is 0 Å². The van der Waals surface area contributed by atoms with Crippen LogP contribution in [-0.4, -0.2) is 33.4 Å². The number of nitrogens with zero attached hydrogens (tertiary/aromatic N) is 2. The van der Waals surface area contributed by atoms with E-state index < -0.39 is 17.9 Å². The Morgan fingerprint density at radius 1 is 1.36 bits per heavy atom. The van der Waals surface area contributed by atoms with Crippen LogP contribution in [0.2, 0.25) is 0 Å². The van der Waals surface area contributed by atoms with Gasteiger partial charge in [-0.3, -0.25) is 9.78 Å². The fourth-order valence-electron chi connectivity index (χ4n) is 3.20. The van der Waals surface area contributed by atoms with E-state index in [0.29, 0.717) is 19.4 Å². The summed E-state index contributed by atoms with van der Waals surface area (Å²) in [6, 6.07) is 9.28. The van der Waals surface area contributed by atoms with Gasteiger partial charge in [-0.1, -0.05) is 18.2 Å². The minimum absolute atomic E-state index is 0.344. The van der Waals surface area contributed by atoms with Gasteiger partial charge in [-0.05, 0) is 30.5 Å². The molecule has 1 aliphatic rings. The average molecular weight is 299 g/mol. The van der Waals surface area contributed by atoms with E-state index in [1.165, 1.54) is 0 Å². The molecule has 1 saturated heterocycles. The summed E-state index contributed by atoms with van der Waals surface area (Å²) in [7, 11) is 0. The van der Waals surface area contributed by atoms with Gasteiger partial charge in [0.2, 0.25) is 6.04 Å². The Hall–Kier alpha value is -2.30. The number of carboxylic acid groups (broad SMARTS) is 1. The van der Waals surface area contributed by atoms with Gasteiger partial charge in [0.1, 0.15) is 5.92 Å². The van der Waals surface area contributed by atoms with E-state index in [1.807, 2.05) is 30.3 Å². The second-order valence-corrected chi connectivity index (χ2v) is 5.89. The summed E-state index contributed by atoms with van der Waals surface area (Å²) < 4.78 is 0.955. The minimum Gasteiger partial charge on any atom is -0.481 e. The highest BCUT2D eigenvalue weighted by Crippen LogP contribution is 2.24. The average Bonchev–Trinajstić information content (AvgIpc) is 2.53. The number of hydrogen-bond donors (Lipinski definition) is 1. The first-order valence-electron chi connectivity index (χ1n) is 7.65. The first-order chi connectivity index (χ1) is 10.6. The summed E-state index contributed by atoms with van der Waals surface area (Å²) in [6.07, 6.45) is 4.49. The molecule has 5 heteroatoms. The minimum atomic E-state index is -0.902. The number of hydrogen-bond acceptors (Lipinski definition) is 3. The lowest BCUT2D eigenvalue weighted by atomic mass is 9.87. The number of nitroso groups, excluding NO2 is 1. The molecule has 1 fully saturated rings. The topological polar surface area (TPSA) is 70.3 Å². The Kier molecular flexibility index (Phi) is 4.13. The predicted molar refractivity (Wildman–Crippen MR) is 82.7 cm³/mol. The molecule has 1 aliphatic heterocycles. The van der Waals surface area contributed by atoms with Crippen molar-refractivity contribution in [3.8, 4) is 0 Å². The zero-order valence-corrected chi connectivity index (χ0v) is 12.3. The van der Waals surface area contributed by atoms with Crippen molar-refractivity contribution in [1.82, 2.24) is 4.98 Å². The normalized spacial score (nSPS) is 20.0. The fourth-order valence-corrected chi connectivity index (χ4v) is 3.20. The van der Waals surface area contributed by atoms with Gasteiger partial charge in [0.15, 0.2) is 6.54 Å². The van der Waals surface area contributed by atoms with Crippen molar-refractivity contribution in [1.29, 1.82) is 0 Å². The number of carboxylic acids is 1. The Bertz CT molecular complexity index is 714. The van der Waals surface area contributed by atoms with Crippen LogP contribution < -0.4 is 0 Å². The van der Waals surface area contributed by atoms with Gasteiger partial charge in [-0.25, -0.2) is 0 Å². The molecule has 0 radical (unpaired) electrons. The van der Waals surface area contributed by atoms with Gasteiger partial charge in [-0.2, -0.15) is 0 Å². The SMILES string of the molecule is O=C(O)[C@H](Cc1cnc2ccccc2c1)C1CCCC[N+]1=O. The Morgan fingerprint density at radius 2 is 2.18 bits per heavy atom. The van der Waals surface area contributed by atoms with Crippen molar-refractivity contribution < 1.29 is 14.7 Å². The lowest BCUT2D eigenvalue weighted by molar-refractivity contribution is -0.601. The van der Waals surface area contributed by atoms with Crippen LogP contribution in [0.1, 0.15) is 24.8 Å². The summed E-state index contributed by atoms with van der Waals surface area (Å²) in [5, 5.41) is 10.5. The maximum Gasteiger partial charge on any atom is 0.313 e. The van der Waals surface area contributed by atoms with Crippen molar-refractivity contribution in [2.24, 2.45) is 5.92 Å². The molecule has 22 heavy (non-hydrogen) atoms. The highest BCUT2D eigenvalue weighted by molar-refractivity contribution is 5.79. The molecule has 0 bridgehead atoms. The zero-order chi connectivity index (χ0) is 15.5. The van der Waals surface area contributed by atoms with Crippen LogP contribution in [0.15, 0.2) is 36.5 Å². The summed E-state index contributed by atoms with van der Waals surface area (Å²) >= 11 is 0. The third kappa shape index (κ3) is 2.98. The number of benzene rings is 1. The number of fused-ring (bicyclic) bond motifs is 1. The molecule has 3 rings (SSSR count). The lowest BCUT2D eigenvalue weighted by Crippen LogP contribution is -2.41. The molecule has 2 atom stereocenters. The van der Waals surface area contributed by atoms with Crippen LogP contribution in [0, 0.1) is 10.8 Å². The number of rotatable bonds is 4. The van der Waals surface area contributed by atoms with Crippen LogP contribution in [0.5, 0.6) is 0 Å². The molecular formula is C17H19N2O3+. The molecule has 0 amide bonds. The molecule has 1 N–H and O–H groups in total. The standard InChI is InChI=1S/C17H18N2O3/c20-17(21)14(16-7-3-4-8-19(16)22)10-12-9-13-5-1-2-6-15(13)18-11-12/h1-2,5-6,9,11,14,16H,3-4,7-8,10H2/p+1/t14-,16?/m1/s1. The summed E-state index contributed by atoms with van der Waals surface area (Å²) in [5.41, 5.74) is 1.76. The predicted octanol–water partition coefficient (Wildman–Crippen LogP) is 2.81. The van der Waals surface area contributed by atoms with Crippen LogP contribution >= 0.6 is 0 Å². The third-order valence-corrected chi connectivity index (χ3v) is 4.38. The van der Waals surface area contributed by atoms with Crippen molar-refractivity contribution in [2.75, 3.05) is 6.54 Å². The first kappa shape index (κ1) is 14.6. The molecule has 0 aliphatic carbocycles. The smallest absolute Gasteiger partial charge is 0.313 e. The van der Waals surface area contributed by atoms with Gasteiger partial charge in [0, 0.05) is 34.1 Å². The van der Waals surface area contributed by atoms with Crippen molar-refractivity contribution in [2.45, 2.75) is 31.7 Å². The van der Waals surface area contributed by atoms with Gasteiger partial charge in [-0.15, -0.1) is 0 Å². The number of carbonyl (C=O) groups is 1. The molecule has 0 spiro atoms. The largest absolute Gasteiger partial charge is 0.481 e. The molecule has 114 valence electrons. The summed E-state index contributed by atoms with van der Waals surface area (Å²) in [5.74, 6) is -1.58. The molecule has 1 aromatic carbocycles. The Morgan fingerprint density at radius 3 is 2.95 bits per heavy atom. The van der Waals surface area contributed by atoms with E-state index in [0.717, 1.165) is 34.1 Å². The molecule has 2 heterocycles. The highest BCUT2D eigenvalue weighted by atomic mass is 16.4. The van der Waals surface area contributed by atoms with Crippen molar-refractivity contribution in [3.05, 3.63) is 47.0 Å². The monoisotopic (exact) mass is 299 g/mol. The maximum atomic E-state index is 12.0. The van der Waals surface area contributed by atoms with Crippen LogP contribution in [-0.2, 0) is 11.2 Å². The Labute approximate surface area is 128 Å². The summed E-state index contributed by atoms with van der Waals surface area (Å²) in [4.78, 5) is 28.0. The van der Waals surface area contributed by atoms with Crippen LogP contribution in [0.3, 0.4) is 0 Å². The number of piperidine rings is 1. The Balaban J connectivity index is 1.85. The van der Waals surface area contributed by atoms with Gasteiger partial charge >= 0.3 is 5.97 Å². The number of aliphatic carboxylic acids is 1. The molecule has 0 saturated carbocycles. The first-order valence-corrected chi connectivity index (χ1v) is 7.65. The van der Waals surface area contributed by atoms with E-state index in [-0.39, 0.29) is 0 Å². The van der Waals surface area contributed by atoms with E-state index >= 15 is 0 Å². The van der Waals surface area contributed by atoms with Gasteiger partial charge < -0.3 is 5.11 Å². The van der Waals surface area contributed by atoms with Crippen molar-refractivity contribution >= 4 is 16.9 Å². The molecule has 2 aromatic rings. The fraction of sp³-hybridized carbons (Fsp3) is 0.412. The molecule has 1 unspecified atom stereocenters. The number of para-hydroxylation sites is 1. The lowest BCUT2D eigenvalue weighted by Gasteiger charge is -2.20. The molecule has 5 nitrogen and oxygen atoms in total. The van der Waals surface area contributed by atoms with Gasteiger partial charge in [0.25, 0.3) is 0 Å². The van der Waals surface area contributed by atoms with E-state index in [2.05, 4.69) is 4.98 Å². The molecule has 1 aromatic heterocycles. The summed E-state index contributed by atoms with van der Waals surface area (Å²) in [6.45, 7) is 0.435. The van der Waals surface area contributed by atoms with Crippen molar-refractivity contribution in [3.63, 3.8) is 0 Å². The number of aromatic nitrogens is 1. The second kappa shape index (κ2) is 6.22. The van der Waals surface area contributed by atoms with E-state index in [9.17, 15) is 14.8 Å². The third-order valence-electron chi connectivity index (χ3n) is 4.38. The van der Waals surface area contributed by atoms with Gasteiger partial charge in [0.05, 0.1) is 5.52 Å². The zero-order valence-electron chi connectivity index (χ0n) is 12.3. The quantitative estimate of drug-likeness (QED) is 0.881. The van der Waals surface area contributed by atoms with Crippen LogP contribution in [0.25, 0.3) is 10.9 Å². The van der Waals surface area contributed by atoms with E-state index in [1.54, 1.807) is 6.20 Å².